The van der Waals surface area contributed by atoms with Crippen LogP contribution < -0.4 is 24.8 Å². The van der Waals surface area contributed by atoms with Crippen molar-refractivity contribution in [3.63, 3.8) is 0 Å². The van der Waals surface area contributed by atoms with Crippen molar-refractivity contribution in [2.75, 3.05) is 0 Å². The van der Waals surface area contributed by atoms with E-state index in [2.05, 4.69) is 64.1 Å². The summed E-state index contributed by atoms with van der Waals surface area (Å²) in [4.78, 5) is 0. The normalized spacial score (nSPS) is 7.76. The van der Waals surface area contributed by atoms with Crippen LogP contribution in [0.3, 0.4) is 0 Å². The molecule has 92 valence electrons. The summed E-state index contributed by atoms with van der Waals surface area (Å²) in [6, 6.07) is 12.8. The smallest absolute Gasteiger partial charge is 1.00 e. The van der Waals surface area contributed by atoms with Crippen molar-refractivity contribution in [1.82, 2.24) is 0 Å². The number of rotatable bonds is 0. The molecule has 0 saturated heterocycles. The molecule has 0 aliphatic heterocycles. The third kappa shape index (κ3) is 9.67. The standard InChI is InChI=1S/2C7H9.2ClH.Ti/c2*1-6-3-4-7(2)5-6;;;/h2*3-5H,1-2H3;2*1H;/q2*-1;;;+4/p-2. The summed E-state index contributed by atoms with van der Waals surface area (Å²) in [7, 11) is 0. The Hall–Kier alpha value is -0.00571. The molecule has 0 bridgehead atoms. The zero-order valence-electron chi connectivity index (χ0n) is 10.7. The van der Waals surface area contributed by atoms with Crippen molar-refractivity contribution in [3.05, 3.63) is 58.7 Å². The van der Waals surface area contributed by atoms with Gasteiger partial charge in [0.1, 0.15) is 0 Å². The molecule has 0 saturated carbocycles. The molecule has 3 heteroatoms. The summed E-state index contributed by atoms with van der Waals surface area (Å²) in [6.45, 7) is 8.42. The van der Waals surface area contributed by atoms with E-state index in [4.69, 9.17) is 0 Å². The molecule has 0 nitrogen and oxygen atoms in total. The quantitative estimate of drug-likeness (QED) is 0.392. The van der Waals surface area contributed by atoms with E-state index in [1.165, 1.54) is 22.3 Å². The van der Waals surface area contributed by atoms with E-state index in [0.29, 0.717) is 0 Å². The van der Waals surface area contributed by atoms with E-state index in [9.17, 15) is 0 Å². The van der Waals surface area contributed by atoms with Crippen LogP contribution in [0.4, 0.5) is 0 Å². The van der Waals surface area contributed by atoms with Crippen LogP contribution in [0.2, 0.25) is 0 Å². The van der Waals surface area contributed by atoms with E-state index < -0.39 is 0 Å². The predicted octanol–water partition coefficient (Wildman–Crippen LogP) is -1.95. The van der Waals surface area contributed by atoms with Gasteiger partial charge in [-0.25, -0.2) is 23.3 Å². The van der Waals surface area contributed by atoms with Gasteiger partial charge in [0, 0.05) is 0 Å². The zero-order valence-corrected chi connectivity index (χ0v) is 13.8. The molecule has 0 unspecified atom stereocenters. The molecule has 0 aromatic heterocycles. The minimum Gasteiger partial charge on any atom is -1.00 e. The Balaban J connectivity index is -0.000000196. The summed E-state index contributed by atoms with van der Waals surface area (Å²) in [5, 5.41) is 0. The molecule has 2 rings (SSSR count). The second-order valence-electron chi connectivity index (χ2n) is 3.93. The van der Waals surface area contributed by atoms with Gasteiger partial charge in [0.15, 0.2) is 0 Å². The fourth-order valence-electron chi connectivity index (χ4n) is 1.44. The molecule has 17 heavy (non-hydrogen) atoms. The Labute approximate surface area is 132 Å². The zero-order chi connectivity index (χ0) is 10.6. The molecule has 0 atom stereocenters. The molecular weight excluding hydrogens is 287 g/mol. The number of hydrogen-bond donors (Lipinski definition) is 0. The average molecular weight is 305 g/mol. The van der Waals surface area contributed by atoms with Crippen LogP contribution in [0, 0.1) is 27.7 Å². The fourth-order valence-corrected chi connectivity index (χ4v) is 1.44. The second kappa shape index (κ2) is 11.1. The van der Waals surface area contributed by atoms with Gasteiger partial charge in [0.25, 0.3) is 0 Å². The first-order valence-electron chi connectivity index (χ1n) is 4.98. The minimum atomic E-state index is 0. The van der Waals surface area contributed by atoms with Crippen LogP contribution in [0.5, 0.6) is 0 Å². The summed E-state index contributed by atoms with van der Waals surface area (Å²) in [5.74, 6) is 0. The summed E-state index contributed by atoms with van der Waals surface area (Å²) in [6.07, 6.45) is 0. The van der Waals surface area contributed by atoms with Gasteiger partial charge in [-0.2, -0.15) is 35.4 Å². The van der Waals surface area contributed by atoms with Crippen LogP contribution in [0.25, 0.3) is 0 Å². The SMILES string of the molecule is Cc1cc[c-](C)c1.Cc1cc[c-](C)c1.[Cl-].[Cl-].[Ti+4]. The van der Waals surface area contributed by atoms with Crippen molar-refractivity contribution < 1.29 is 46.5 Å². The maximum atomic E-state index is 2.17. The van der Waals surface area contributed by atoms with Crippen LogP contribution in [-0.2, 0) is 21.7 Å². The molecule has 0 fully saturated rings. The number of hydrogen-bond acceptors (Lipinski definition) is 0. The van der Waals surface area contributed by atoms with Gasteiger partial charge in [0.05, 0.1) is 0 Å². The van der Waals surface area contributed by atoms with Gasteiger partial charge in [-0.1, -0.05) is 27.7 Å². The number of aryl methyl sites for hydroxylation is 4. The predicted molar refractivity (Wildman–Crippen MR) is 63.0 cm³/mol. The second-order valence-corrected chi connectivity index (χ2v) is 3.93. The third-order valence-electron chi connectivity index (χ3n) is 2.13. The topological polar surface area (TPSA) is 0 Å². The van der Waals surface area contributed by atoms with Gasteiger partial charge in [-0.05, 0) is 0 Å². The average Bonchev–Trinajstić information content (AvgIpc) is 2.63. The van der Waals surface area contributed by atoms with Gasteiger partial charge in [-0.15, -0.1) is 0 Å². The van der Waals surface area contributed by atoms with Gasteiger partial charge >= 0.3 is 21.7 Å². The van der Waals surface area contributed by atoms with E-state index in [0.717, 1.165) is 0 Å². The number of halogens is 2. The molecule has 0 radical (unpaired) electrons. The van der Waals surface area contributed by atoms with Gasteiger partial charge in [-0.3, -0.25) is 0 Å². The summed E-state index contributed by atoms with van der Waals surface area (Å²) >= 11 is 0. The largest absolute Gasteiger partial charge is 4.00 e. The van der Waals surface area contributed by atoms with E-state index in [1.807, 2.05) is 0 Å². The Kier molecular flexibility index (Phi) is 14.5. The minimum absolute atomic E-state index is 0. The van der Waals surface area contributed by atoms with E-state index in [1.54, 1.807) is 0 Å². The van der Waals surface area contributed by atoms with Gasteiger partial charge in [0.2, 0.25) is 0 Å². The molecule has 2 aromatic rings. The van der Waals surface area contributed by atoms with Crippen molar-refractivity contribution in [2.24, 2.45) is 0 Å². The Morgan fingerprint density at radius 2 is 1.06 bits per heavy atom. The van der Waals surface area contributed by atoms with Crippen LogP contribution in [-0.4, -0.2) is 0 Å². The first kappa shape index (κ1) is 22.2. The molecule has 0 spiro atoms. The van der Waals surface area contributed by atoms with Crippen LogP contribution >= 0.6 is 0 Å². The molecule has 0 heterocycles. The molecule has 0 N–H and O–H groups in total. The molecule has 0 aliphatic rings. The van der Waals surface area contributed by atoms with E-state index >= 15 is 0 Å². The van der Waals surface area contributed by atoms with Crippen molar-refractivity contribution in [3.8, 4) is 0 Å². The molecule has 0 amide bonds. The molecule has 0 aliphatic carbocycles. The Morgan fingerprint density at radius 3 is 1.12 bits per heavy atom. The first-order valence-corrected chi connectivity index (χ1v) is 4.98. The Bertz CT molecular complexity index is 317. The van der Waals surface area contributed by atoms with E-state index in [-0.39, 0.29) is 46.5 Å². The summed E-state index contributed by atoms with van der Waals surface area (Å²) < 4.78 is 0. The molecule has 2 aromatic carbocycles. The maximum absolute atomic E-state index is 2.17. The molecular formula is C14H18Cl2Ti. The van der Waals surface area contributed by atoms with Crippen molar-refractivity contribution in [2.45, 2.75) is 27.7 Å². The van der Waals surface area contributed by atoms with Crippen LogP contribution in [0.15, 0.2) is 36.4 Å². The van der Waals surface area contributed by atoms with Gasteiger partial charge < -0.3 is 24.8 Å². The monoisotopic (exact) mass is 304 g/mol. The summed E-state index contributed by atoms with van der Waals surface area (Å²) in [5.41, 5.74) is 5.44. The van der Waals surface area contributed by atoms with Crippen LogP contribution in [0.1, 0.15) is 22.3 Å². The Morgan fingerprint density at radius 1 is 0.765 bits per heavy atom. The first-order chi connectivity index (χ1) is 6.58. The van der Waals surface area contributed by atoms with Crippen molar-refractivity contribution in [1.29, 1.82) is 0 Å². The maximum Gasteiger partial charge on any atom is 4.00 e. The van der Waals surface area contributed by atoms with Crippen molar-refractivity contribution >= 4 is 0 Å². The third-order valence-corrected chi connectivity index (χ3v) is 2.13. The fraction of sp³-hybridized carbons (Fsp3) is 0.286.